The second-order valence-electron chi connectivity index (χ2n) is 5.39. The van der Waals surface area contributed by atoms with Gasteiger partial charge in [0.1, 0.15) is 11.6 Å². The average Bonchev–Trinajstić information content (AvgIpc) is 3.17. The van der Waals surface area contributed by atoms with E-state index in [0.717, 1.165) is 28.5 Å². The largest absolute Gasteiger partial charge is 0.497 e. The van der Waals surface area contributed by atoms with Gasteiger partial charge in [-0.25, -0.2) is 4.98 Å². The first-order chi connectivity index (χ1) is 9.11. The summed E-state index contributed by atoms with van der Waals surface area (Å²) in [5.74, 6) is 2.59. The molecule has 1 saturated carbocycles. The van der Waals surface area contributed by atoms with Crippen molar-refractivity contribution in [2.45, 2.75) is 38.1 Å². The van der Waals surface area contributed by atoms with Crippen LogP contribution < -0.4 is 4.74 Å². The maximum atomic E-state index is 6.31. The molecule has 0 N–H and O–H groups in total. The molecule has 1 aliphatic rings. The van der Waals surface area contributed by atoms with Crippen molar-refractivity contribution >= 4 is 22.6 Å². The van der Waals surface area contributed by atoms with Crippen LogP contribution in [-0.2, 0) is 0 Å². The van der Waals surface area contributed by atoms with E-state index < -0.39 is 0 Å². The molecule has 1 aromatic heterocycles. The lowest BCUT2D eigenvalue weighted by Gasteiger charge is -2.18. The fourth-order valence-electron chi connectivity index (χ4n) is 2.72. The molecule has 0 spiro atoms. The summed E-state index contributed by atoms with van der Waals surface area (Å²) in [7, 11) is 1.69. The fourth-order valence-corrected chi connectivity index (χ4v) is 2.87. The number of nitrogens with zero attached hydrogens (tertiary/aromatic N) is 2. The molecular formula is C15H19ClN2O. The van der Waals surface area contributed by atoms with Gasteiger partial charge in [-0.15, -0.1) is 11.6 Å². The number of fused-ring (bicyclic) bond motifs is 1. The predicted octanol–water partition coefficient (Wildman–Crippen LogP) is 4.32. The van der Waals surface area contributed by atoms with Crippen LogP contribution in [0.25, 0.3) is 11.0 Å². The van der Waals surface area contributed by atoms with E-state index in [4.69, 9.17) is 21.3 Å². The molecule has 2 unspecified atom stereocenters. The number of aromatic nitrogens is 2. The Hall–Kier alpha value is -1.22. The van der Waals surface area contributed by atoms with Gasteiger partial charge in [0.2, 0.25) is 0 Å². The highest BCUT2D eigenvalue weighted by Crippen LogP contribution is 2.42. The minimum atomic E-state index is -0.0837. The topological polar surface area (TPSA) is 27.1 Å². The quantitative estimate of drug-likeness (QED) is 0.779. The summed E-state index contributed by atoms with van der Waals surface area (Å²) in [4.78, 5) is 4.69. The van der Waals surface area contributed by atoms with Crippen molar-refractivity contribution in [3.05, 3.63) is 24.0 Å². The van der Waals surface area contributed by atoms with Gasteiger partial charge in [-0.2, -0.15) is 0 Å². The van der Waals surface area contributed by atoms with Gasteiger partial charge in [0.25, 0.3) is 0 Å². The first-order valence-electron chi connectivity index (χ1n) is 6.81. The van der Waals surface area contributed by atoms with Crippen molar-refractivity contribution in [3.63, 3.8) is 0 Å². The number of methoxy groups -OCH3 is 1. The molecule has 0 radical (unpaired) electrons. The molecule has 4 heteroatoms. The monoisotopic (exact) mass is 278 g/mol. The summed E-state index contributed by atoms with van der Waals surface area (Å²) >= 11 is 6.31. The summed E-state index contributed by atoms with van der Waals surface area (Å²) < 4.78 is 7.63. The molecule has 0 aliphatic heterocycles. The van der Waals surface area contributed by atoms with E-state index in [-0.39, 0.29) is 5.38 Å². The molecule has 19 heavy (non-hydrogen) atoms. The van der Waals surface area contributed by atoms with Gasteiger partial charge in [-0.3, -0.25) is 0 Å². The lowest BCUT2D eigenvalue weighted by molar-refractivity contribution is 0.414. The number of hydrogen-bond donors (Lipinski definition) is 0. The molecular weight excluding hydrogens is 260 g/mol. The maximum Gasteiger partial charge on any atom is 0.127 e. The summed E-state index contributed by atoms with van der Waals surface area (Å²) in [5, 5.41) is -0.0837. The van der Waals surface area contributed by atoms with Crippen LogP contribution in [0.3, 0.4) is 0 Å². The van der Waals surface area contributed by atoms with Crippen molar-refractivity contribution in [1.29, 1.82) is 0 Å². The predicted molar refractivity (Wildman–Crippen MR) is 78.0 cm³/mol. The van der Waals surface area contributed by atoms with Gasteiger partial charge in [0, 0.05) is 12.1 Å². The van der Waals surface area contributed by atoms with Crippen molar-refractivity contribution in [2.24, 2.45) is 5.92 Å². The number of rotatable bonds is 4. The summed E-state index contributed by atoms with van der Waals surface area (Å²) in [6, 6.07) is 6.47. The first-order valence-corrected chi connectivity index (χ1v) is 7.25. The molecule has 2 atom stereocenters. The lowest BCUT2D eigenvalue weighted by atomic mass is 10.2. The Labute approximate surface area is 118 Å². The molecule has 0 saturated heterocycles. The third-order valence-corrected chi connectivity index (χ3v) is 4.19. The molecule has 0 amide bonds. The van der Waals surface area contributed by atoms with Crippen LogP contribution >= 0.6 is 11.6 Å². The van der Waals surface area contributed by atoms with Crippen LogP contribution in [0.4, 0.5) is 0 Å². The molecule has 3 nitrogen and oxygen atoms in total. The Morgan fingerprint density at radius 1 is 1.37 bits per heavy atom. The average molecular weight is 279 g/mol. The number of hydrogen-bond acceptors (Lipinski definition) is 2. The van der Waals surface area contributed by atoms with E-state index in [9.17, 15) is 0 Å². The number of ether oxygens (including phenoxy) is 1. The Morgan fingerprint density at radius 2 is 2.11 bits per heavy atom. The maximum absolute atomic E-state index is 6.31. The van der Waals surface area contributed by atoms with Crippen LogP contribution in [-0.4, -0.2) is 16.7 Å². The number of alkyl halides is 1. The van der Waals surface area contributed by atoms with Crippen LogP contribution in [0.1, 0.15) is 43.9 Å². The van der Waals surface area contributed by atoms with Gasteiger partial charge >= 0.3 is 0 Å². The lowest BCUT2D eigenvalue weighted by Crippen LogP contribution is -2.11. The number of imidazole rings is 1. The van der Waals surface area contributed by atoms with Gasteiger partial charge in [0.15, 0.2) is 0 Å². The summed E-state index contributed by atoms with van der Waals surface area (Å²) in [6.07, 6.45) is 2.61. The zero-order valence-electron chi connectivity index (χ0n) is 11.6. The summed E-state index contributed by atoms with van der Waals surface area (Å²) in [5.41, 5.74) is 2.12. The van der Waals surface area contributed by atoms with Crippen molar-refractivity contribution in [3.8, 4) is 5.75 Å². The van der Waals surface area contributed by atoms with E-state index in [1.807, 2.05) is 19.1 Å². The second-order valence-corrected chi connectivity index (χ2v) is 6.04. The standard InChI is InChI=1S/C15H19ClN2O/c1-9(16)15-17-13-7-6-12(19-3)8-14(13)18(15)10(2)11-4-5-11/h6-11H,4-5H2,1-3H3. The highest BCUT2D eigenvalue weighted by atomic mass is 35.5. The molecule has 1 aromatic carbocycles. The van der Waals surface area contributed by atoms with E-state index >= 15 is 0 Å². The SMILES string of the molecule is COc1ccc2nc(C(C)Cl)n(C(C)C3CC3)c2c1. The van der Waals surface area contributed by atoms with E-state index in [1.54, 1.807) is 7.11 Å². The minimum Gasteiger partial charge on any atom is -0.497 e. The Bertz CT molecular complexity index is 601. The molecule has 1 aliphatic carbocycles. The molecule has 3 rings (SSSR count). The van der Waals surface area contributed by atoms with Crippen LogP contribution in [0.15, 0.2) is 18.2 Å². The zero-order chi connectivity index (χ0) is 13.6. The normalized spacial score (nSPS) is 18.5. The smallest absolute Gasteiger partial charge is 0.127 e. The fraction of sp³-hybridized carbons (Fsp3) is 0.533. The van der Waals surface area contributed by atoms with Gasteiger partial charge in [0.05, 0.1) is 23.5 Å². The van der Waals surface area contributed by atoms with Crippen molar-refractivity contribution < 1.29 is 4.74 Å². The van der Waals surface area contributed by atoms with E-state index in [2.05, 4.69) is 17.6 Å². The van der Waals surface area contributed by atoms with Gasteiger partial charge in [-0.1, -0.05) is 0 Å². The number of benzene rings is 1. The highest BCUT2D eigenvalue weighted by molar-refractivity contribution is 6.20. The molecule has 1 fully saturated rings. The Balaban J connectivity index is 2.20. The zero-order valence-corrected chi connectivity index (χ0v) is 12.3. The van der Waals surface area contributed by atoms with Crippen molar-refractivity contribution in [1.82, 2.24) is 9.55 Å². The minimum absolute atomic E-state index is 0.0837. The van der Waals surface area contributed by atoms with Crippen LogP contribution in [0.5, 0.6) is 5.75 Å². The number of halogens is 1. The van der Waals surface area contributed by atoms with E-state index in [1.165, 1.54) is 12.8 Å². The van der Waals surface area contributed by atoms with Crippen molar-refractivity contribution in [2.75, 3.05) is 7.11 Å². The molecule has 102 valence electrons. The first kappa shape index (κ1) is 12.8. The van der Waals surface area contributed by atoms with E-state index in [0.29, 0.717) is 6.04 Å². The Morgan fingerprint density at radius 3 is 2.68 bits per heavy atom. The molecule has 1 heterocycles. The van der Waals surface area contributed by atoms with Crippen LogP contribution in [0.2, 0.25) is 0 Å². The summed E-state index contributed by atoms with van der Waals surface area (Å²) in [6.45, 7) is 4.25. The molecule has 0 bridgehead atoms. The Kier molecular flexibility index (Phi) is 3.17. The second kappa shape index (κ2) is 4.71. The third kappa shape index (κ3) is 2.20. The highest BCUT2D eigenvalue weighted by Gasteiger charge is 2.32. The third-order valence-electron chi connectivity index (χ3n) is 3.99. The molecule has 2 aromatic rings. The van der Waals surface area contributed by atoms with Gasteiger partial charge in [-0.05, 0) is 44.7 Å². The van der Waals surface area contributed by atoms with Crippen LogP contribution in [0, 0.1) is 5.92 Å². The van der Waals surface area contributed by atoms with Gasteiger partial charge < -0.3 is 9.30 Å².